The predicted octanol–water partition coefficient (Wildman–Crippen LogP) is 1.86. The minimum absolute atomic E-state index is 0.0514. The fourth-order valence-corrected chi connectivity index (χ4v) is 2.58. The molecule has 0 aliphatic carbocycles. The SMILES string of the molecule is NCC1CN(Cc2cc(Cl)cc(Cl)c2O)CCO1. The van der Waals surface area contributed by atoms with E-state index in [1.54, 1.807) is 6.07 Å². The van der Waals surface area contributed by atoms with E-state index in [0.29, 0.717) is 24.7 Å². The molecule has 1 aliphatic heterocycles. The van der Waals surface area contributed by atoms with Crippen molar-refractivity contribution in [3.8, 4) is 5.75 Å². The number of nitrogens with two attached hydrogens (primary N) is 1. The smallest absolute Gasteiger partial charge is 0.138 e. The lowest BCUT2D eigenvalue weighted by molar-refractivity contribution is -0.0262. The van der Waals surface area contributed by atoms with E-state index in [2.05, 4.69) is 4.90 Å². The highest BCUT2D eigenvalue weighted by Gasteiger charge is 2.20. The van der Waals surface area contributed by atoms with Crippen LogP contribution in [-0.2, 0) is 11.3 Å². The molecule has 100 valence electrons. The third kappa shape index (κ3) is 3.28. The van der Waals surface area contributed by atoms with Crippen molar-refractivity contribution in [3.63, 3.8) is 0 Å². The largest absolute Gasteiger partial charge is 0.506 e. The molecule has 18 heavy (non-hydrogen) atoms. The zero-order valence-electron chi connectivity index (χ0n) is 9.90. The molecule has 0 radical (unpaired) electrons. The minimum atomic E-state index is 0.0514. The highest BCUT2D eigenvalue weighted by atomic mass is 35.5. The van der Waals surface area contributed by atoms with Crippen molar-refractivity contribution in [1.29, 1.82) is 0 Å². The van der Waals surface area contributed by atoms with E-state index in [1.807, 2.05) is 0 Å². The lowest BCUT2D eigenvalue weighted by atomic mass is 10.1. The summed E-state index contributed by atoms with van der Waals surface area (Å²) in [5.74, 6) is 0.0943. The Kier molecular flexibility index (Phi) is 4.70. The molecule has 1 saturated heterocycles. The van der Waals surface area contributed by atoms with Gasteiger partial charge in [-0.25, -0.2) is 0 Å². The van der Waals surface area contributed by atoms with Gasteiger partial charge in [-0.05, 0) is 12.1 Å². The number of aromatic hydroxyl groups is 1. The molecule has 1 aromatic rings. The van der Waals surface area contributed by atoms with Gasteiger partial charge in [0.2, 0.25) is 0 Å². The summed E-state index contributed by atoms with van der Waals surface area (Å²) < 4.78 is 5.49. The number of hydrogen-bond acceptors (Lipinski definition) is 4. The Morgan fingerprint density at radius 2 is 2.22 bits per heavy atom. The maximum absolute atomic E-state index is 9.90. The van der Waals surface area contributed by atoms with Crippen LogP contribution < -0.4 is 5.73 Å². The lowest BCUT2D eigenvalue weighted by Gasteiger charge is -2.32. The molecule has 0 aromatic heterocycles. The van der Waals surface area contributed by atoms with Crippen LogP contribution >= 0.6 is 23.2 Å². The maximum Gasteiger partial charge on any atom is 0.138 e. The zero-order valence-corrected chi connectivity index (χ0v) is 11.4. The first-order chi connectivity index (χ1) is 8.60. The monoisotopic (exact) mass is 290 g/mol. The second kappa shape index (κ2) is 6.08. The van der Waals surface area contributed by atoms with Crippen molar-refractivity contribution in [3.05, 3.63) is 27.7 Å². The summed E-state index contributed by atoms with van der Waals surface area (Å²) in [5.41, 5.74) is 6.32. The summed E-state index contributed by atoms with van der Waals surface area (Å²) in [5, 5.41) is 10.7. The number of halogens is 2. The van der Waals surface area contributed by atoms with Gasteiger partial charge in [0.05, 0.1) is 17.7 Å². The van der Waals surface area contributed by atoms with E-state index in [0.717, 1.165) is 18.7 Å². The zero-order chi connectivity index (χ0) is 13.1. The van der Waals surface area contributed by atoms with Gasteiger partial charge in [0.15, 0.2) is 0 Å². The van der Waals surface area contributed by atoms with E-state index in [9.17, 15) is 5.11 Å². The minimum Gasteiger partial charge on any atom is -0.506 e. The molecule has 0 amide bonds. The van der Waals surface area contributed by atoms with Crippen LogP contribution in [0.5, 0.6) is 5.75 Å². The van der Waals surface area contributed by atoms with Crippen LogP contribution in [-0.4, -0.2) is 42.4 Å². The molecule has 1 atom stereocenters. The van der Waals surface area contributed by atoms with Crippen LogP contribution in [0.1, 0.15) is 5.56 Å². The Morgan fingerprint density at radius 1 is 1.44 bits per heavy atom. The molecule has 0 bridgehead atoms. The number of morpholine rings is 1. The van der Waals surface area contributed by atoms with E-state index >= 15 is 0 Å². The third-order valence-electron chi connectivity index (χ3n) is 2.99. The average Bonchev–Trinajstić information content (AvgIpc) is 2.35. The second-order valence-electron chi connectivity index (χ2n) is 4.36. The van der Waals surface area contributed by atoms with Gasteiger partial charge in [-0.2, -0.15) is 0 Å². The topological polar surface area (TPSA) is 58.7 Å². The van der Waals surface area contributed by atoms with Crippen LogP contribution in [0.15, 0.2) is 12.1 Å². The van der Waals surface area contributed by atoms with Crippen molar-refractivity contribution < 1.29 is 9.84 Å². The Morgan fingerprint density at radius 3 is 2.94 bits per heavy atom. The first-order valence-corrected chi connectivity index (χ1v) is 6.56. The van der Waals surface area contributed by atoms with Crippen molar-refractivity contribution in [2.45, 2.75) is 12.6 Å². The number of nitrogens with zero attached hydrogens (tertiary/aromatic N) is 1. The average molecular weight is 291 g/mol. The third-order valence-corrected chi connectivity index (χ3v) is 3.49. The molecule has 4 nitrogen and oxygen atoms in total. The van der Waals surface area contributed by atoms with Crippen LogP contribution in [0.4, 0.5) is 0 Å². The van der Waals surface area contributed by atoms with Gasteiger partial charge in [-0.3, -0.25) is 4.90 Å². The first kappa shape index (κ1) is 13.9. The molecule has 1 unspecified atom stereocenters. The van der Waals surface area contributed by atoms with E-state index in [-0.39, 0.29) is 16.9 Å². The summed E-state index contributed by atoms with van der Waals surface area (Å²) in [6, 6.07) is 3.26. The van der Waals surface area contributed by atoms with Gasteiger partial charge in [-0.15, -0.1) is 0 Å². The van der Waals surface area contributed by atoms with Gasteiger partial charge in [0.1, 0.15) is 5.75 Å². The normalized spacial score (nSPS) is 21.2. The van der Waals surface area contributed by atoms with Gasteiger partial charge in [-0.1, -0.05) is 23.2 Å². The van der Waals surface area contributed by atoms with E-state index in [1.165, 1.54) is 6.07 Å². The molecule has 3 N–H and O–H groups in total. The fourth-order valence-electron chi connectivity index (χ4n) is 2.05. The van der Waals surface area contributed by atoms with Gasteiger partial charge in [0.25, 0.3) is 0 Å². The lowest BCUT2D eigenvalue weighted by Crippen LogP contribution is -2.45. The van der Waals surface area contributed by atoms with Crippen LogP contribution in [0, 0.1) is 0 Å². The maximum atomic E-state index is 9.90. The Labute approximate surface area is 116 Å². The molecule has 1 heterocycles. The quantitative estimate of drug-likeness (QED) is 0.892. The highest BCUT2D eigenvalue weighted by Crippen LogP contribution is 2.32. The summed E-state index contributed by atoms with van der Waals surface area (Å²) in [6.45, 7) is 3.29. The molecular formula is C12H16Cl2N2O2. The van der Waals surface area contributed by atoms with E-state index in [4.69, 9.17) is 33.7 Å². The summed E-state index contributed by atoms with van der Waals surface area (Å²) >= 11 is 11.8. The number of ether oxygens (including phenoxy) is 1. The summed E-state index contributed by atoms with van der Waals surface area (Å²) in [4.78, 5) is 2.17. The predicted molar refractivity (Wildman–Crippen MR) is 72.2 cm³/mol. The summed E-state index contributed by atoms with van der Waals surface area (Å²) in [6.07, 6.45) is 0.0514. The Bertz CT molecular complexity index is 429. The van der Waals surface area contributed by atoms with Gasteiger partial charge in [0, 0.05) is 36.8 Å². The van der Waals surface area contributed by atoms with Crippen molar-refractivity contribution in [1.82, 2.24) is 4.90 Å². The molecule has 1 aliphatic rings. The molecule has 1 aromatic carbocycles. The van der Waals surface area contributed by atoms with Crippen LogP contribution in [0.3, 0.4) is 0 Å². The molecule has 0 spiro atoms. The highest BCUT2D eigenvalue weighted by molar-refractivity contribution is 6.35. The number of phenolic OH excluding ortho intramolecular Hbond substituents is 1. The molecule has 2 rings (SSSR count). The van der Waals surface area contributed by atoms with Crippen molar-refractivity contribution >= 4 is 23.2 Å². The number of hydrogen-bond donors (Lipinski definition) is 2. The molecule has 1 fully saturated rings. The first-order valence-electron chi connectivity index (χ1n) is 5.81. The second-order valence-corrected chi connectivity index (χ2v) is 5.20. The number of rotatable bonds is 3. The van der Waals surface area contributed by atoms with E-state index < -0.39 is 0 Å². The van der Waals surface area contributed by atoms with Crippen molar-refractivity contribution in [2.24, 2.45) is 5.73 Å². The molecular weight excluding hydrogens is 275 g/mol. The van der Waals surface area contributed by atoms with Crippen LogP contribution in [0.25, 0.3) is 0 Å². The van der Waals surface area contributed by atoms with Gasteiger partial charge >= 0.3 is 0 Å². The van der Waals surface area contributed by atoms with Crippen LogP contribution in [0.2, 0.25) is 10.0 Å². The summed E-state index contributed by atoms with van der Waals surface area (Å²) in [7, 11) is 0. The number of benzene rings is 1. The number of phenols is 1. The molecule has 6 heteroatoms. The van der Waals surface area contributed by atoms with Crippen molar-refractivity contribution in [2.75, 3.05) is 26.2 Å². The standard InChI is InChI=1S/C12H16Cl2N2O2/c13-9-3-8(12(17)11(14)4-9)6-16-1-2-18-10(5-15)7-16/h3-4,10,17H,1-2,5-7,15H2. The Balaban J connectivity index is 2.09. The Hall–Kier alpha value is -0.520. The van der Waals surface area contributed by atoms with Gasteiger partial charge < -0.3 is 15.6 Å². The molecule has 0 saturated carbocycles. The fraction of sp³-hybridized carbons (Fsp3) is 0.500.